The number of benzene rings is 2. The number of nitrogens with zero attached hydrogens (tertiary/aromatic N) is 2. The van der Waals surface area contributed by atoms with Crippen LogP contribution in [-0.4, -0.2) is 30.6 Å². The maximum absolute atomic E-state index is 14.0. The third-order valence-electron chi connectivity index (χ3n) is 4.76. The number of ether oxygens (including phenoxy) is 1. The van der Waals surface area contributed by atoms with Crippen molar-refractivity contribution >= 4 is 11.3 Å². The number of hydrogen-bond acceptors (Lipinski definition) is 3. The number of pyridine rings is 1. The monoisotopic (exact) mass is 388 g/mol. The minimum Gasteiger partial charge on any atom is -0.497 e. The highest BCUT2D eigenvalue weighted by molar-refractivity contribution is 5.81. The van der Waals surface area contributed by atoms with Crippen LogP contribution in [-0.2, 0) is 6.42 Å². The Labute approximate surface area is 171 Å². The molecule has 3 rings (SSSR count). The van der Waals surface area contributed by atoms with Crippen molar-refractivity contribution in [3.05, 3.63) is 108 Å². The zero-order chi connectivity index (χ0) is 20.6. The lowest BCUT2D eigenvalue weighted by Crippen LogP contribution is -2.20. The van der Waals surface area contributed by atoms with Crippen molar-refractivity contribution in [3.8, 4) is 5.75 Å². The van der Waals surface area contributed by atoms with Crippen molar-refractivity contribution in [1.29, 1.82) is 0 Å². The maximum Gasteiger partial charge on any atom is 0.126 e. The van der Waals surface area contributed by atoms with Crippen LogP contribution >= 0.6 is 0 Å². The Morgan fingerprint density at radius 3 is 2.62 bits per heavy atom. The van der Waals surface area contributed by atoms with Gasteiger partial charge in [0.1, 0.15) is 11.6 Å². The molecule has 0 fully saturated rings. The summed E-state index contributed by atoms with van der Waals surface area (Å²) in [7, 11) is 3.65. The van der Waals surface area contributed by atoms with Gasteiger partial charge in [-0.05, 0) is 54.0 Å². The van der Waals surface area contributed by atoms with E-state index in [0.717, 1.165) is 28.3 Å². The Hall–Kier alpha value is -3.40. The number of hydrogen-bond donors (Lipinski definition) is 0. The molecule has 0 amide bonds. The normalized spacial score (nSPS) is 11.2. The van der Waals surface area contributed by atoms with E-state index in [9.17, 15) is 4.39 Å². The molecule has 0 aliphatic carbocycles. The van der Waals surface area contributed by atoms with Gasteiger partial charge in [0.2, 0.25) is 0 Å². The van der Waals surface area contributed by atoms with E-state index in [1.807, 2.05) is 67.7 Å². The van der Waals surface area contributed by atoms with Crippen LogP contribution < -0.4 is 4.74 Å². The summed E-state index contributed by atoms with van der Waals surface area (Å²) in [6.07, 6.45) is 4.36. The van der Waals surface area contributed by atoms with Gasteiger partial charge in [0.25, 0.3) is 0 Å². The number of likely N-dealkylation sites (N-methyl/N-ethyl adjacent to an activating group) is 1. The van der Waals surface area contributed by atoms with E-state index in [0.29, 0.717) is 18.5 Å². The van der Waals surface area contributed by atoms with E-state index >= 15 is 0 Å². The first-order valence-electron chi connectivity index (χ1n) is 9.49. The molecule has 2 aromatic carbocycles. The summed E-state index contributed by atoms with van der Waals surface area (Å²) >= 11 is 0. The van der Waals surface area contributed by atoms with Gasteiger partial charge in [-0.1, -0.05) is 43.0 Å². The number of allylic oxidation sites excluding steroid dienone is 2. The van der Waals surface area contributed by atoms with Gasteiger partial charge in [0.15, 0.2) is 0 Å². The molecular formula is C25H25FN2O. The topological polar surface area (TPSA) is 25.4 Å². The second kappa shape index (κ2) is 9.69. The Kier molecular flexibility index (Phi) is 6.80. The molecule has 0 radical (unpaired) electrons. The lowest BCUT2D eigenvalue weighted by atomic mass is 10.0. The van der Waals surface area contributed by atoms with Crippen LogP contribution in [0.1, 0.15) is 16.8 Å². The Morgan fingerprint density at radius 1 is 1.10 bits per heavy atom. The van der Waals surface area contributed by atoms with Gasteiger partial charge < -0.3 is 9.64 Å². The van der Waals surface area contributed by atoms with Crippen LogP contribution in [0.25, 0.3) is 11.3 Å². The lowest BCUT2D eigenvalue weighted by Gasteiger charge is -2.24. The summed E-state index contributed by atoms with van der Waals surface area (Å²) in [5.41, 5.74) is 4.29. The highest BCUT2D eigenvalue weighted by atomic mass is 19.1. The largest absolute Gasteiger partial charge is 0.497 e. The lowest BCUT2D eigenvalue weighted by molar-refractivity contribution is 0.414. The average Bonchev–Trinajstić information content (AvgIpc) is 2.77. The average molecular weight is 388 g/mol. The van der Waals surface area contributed by atoms with Gasteiger partial charge in [-0.25, -0.2) is 4.39 Å². The Bertz CT molecular complexity index is 998. The van der Waals surface area contributed by atoms with E-state index in [4.69, 9.17) is 4.74 Å². The molecule has 0 saturated heterocycles. The highest BCUT2D eigenvalue weighted by Crippen LogP contribution is 2.26. The minimum absolute atomic E-state index is 0.175. The Balaban J connectivity index is 1.90. The van der Waals surface area contributed by atoms with Crippen LogP contribution in [0.3, 0.4) is 0 Å². The fraction of sp³-hybridized carbons (Fsp3) is 0.160. The maximum atomic E-state index is 14.0. The summed E-state index contributed by atoms with van der Waals surface area (Å²) < 4.78 is 19.4. The third-order valence-corrected chi connectivity index (χ3v) is 4.76. The fourth-order valence-corrected chi connectivity index (χ4v) is 3.10. The molecule has 0 atom stereocenters. The van der Waals surface area contributed by atoms with Crippen molar-refractivity contribution in [2.24, 2.45) is 0 Å². The van der Waals surface area contributed by atoms with Crippen molar-refractivity contribution < 1.29 is 9.13 Å². The molecule has 0 aliphatic heterocycles. The minimum atomic E-state index is -0.175. The predicted molar refractivity (Wildman–Crippen MR) is 117 cm³/mol. The molecule has 0 unspecified atom stereocenters. The summed E-state index contributed by atoms with van der Waals surface area (Å²) in [6.45, 7) is 4.84. The van der Waals surface area contributed by atoms with E-state index in [2.05, 4.69) is 16.5 Å². The first-order chi connectivity index (χ1) is 14.1. The van der Waals surface area contributed by atoms with Crippen molar-refractivity contribution in [2.75, 3.05) is 20.7 Å². The zero-order valence-corrected chi connectivity index (χ0v) is 16.8. The molecule has 148 valence electrons. The van der Waals surface area contributed by atoms with Crippen molar-refractivity contribution in [3.63, 3.8) is 0 Å². The van der Waals surface area contributed by atoms with Crippen LogP contribution in [0.5, 0.6) is 5.75 Å². The van der Waals surface area contributed by atoms with E-state index < -0.39 is 0 Å². The molecule has 3 nitrogen and oxygen atoms in total. The number of rotatable bonds is 8. The van der Waals surface area contributed by atoms with E-state index in [-0.39, 0.29) is 5.82 Å². The molecule has 0 saturated carbocycles. The second-order valence-electron chi connectivity index (χ2n) is 6.76. The van der Waals surface area contributed by atoms with Gasteiger partial charge in [0.05, 0.1) is 12.8 Å². The molecule has 1 heterocycles. The number of methoxy groups -OCH3 is 1. The summed E-state index contributed by atoms with van der Waals surface area (Å²) in [4.78, 5) is 6.49. The predicted octanol–water partition coefficient (Wildman–Crippen LogP) is 5.46. The van der Waals surface area contributed by atoms with Gasteiger partial charge in [-0.15, -0.1) is 0 Å². The van der Waals surface area contributed by atoms with E-state index in [1.54, 1.807) is 19.4 Å². The summed E-state index contributed by atoms with van der Waals surface area (Å²) in [6, 6.07) is 20.5. The summed E-state index contributed by atoms with van der Waals surface area (Å²) in [5.74, 6) is 0.602. The molecular weight excluding hydrogens is 363 g/mol. The van der Waals surface area contributed by atoms with Gasteiger partial charge in [0, 0.05) is 31.0 Å². The molecule has 0 spiro atoms. The van der Waals surface area contributed by atoms with E-state index in [1.165, 1.54) is 6.07 Å². The molecule has 3 aromatic rings. The molecule has 0 bridgehead atoms. The molecule has 0 aliphatic rings. The van der Waals surface area contributed by atoms with Gasteiger partial charge in [-0.2, -0.15) is 0 Å². The van der Waals surface area contributed by atoms with Crippen molar-refractivity contribution in [2.45, 2.75) is 6.42 Å². The third kappa shape index (κ3) is 5.32. The smallest absolute Gasteiger partial charge is 0.126 e. The van der Waals surface area contributed by atoms with Crippen LogP contribution in [0, 0.1) is 5.82 Å². The number of halogens is 1. The van der Waals surface area contributed by atoms with Gasteiger partial charge >= 0.3 is 0 Å². The standard InChI is InChI=1S/C25H25FN2O/c1-19(24-13-6-7-15-27-24)17-25(21-10-8-11-22(18-21)29-3)28(2)16-14-20-9-4-5-12-23(20)26/h4-13,15,17-18H,1,14,16H2,2-3H3/b25-17-. The first-order valence-corrected chi connectivity index (χ1v) is 9.49. The Morgan fingerprint density at radius 2 is 1.90 bits per heavy atom. The molecule has 0 N–H and O–H groups in total. The second-order valence-corrected chi connectivity index (χ2v) is 6.76. The van der Waals surface area contributed by atoms with Crippen LogP contribution in [0.4, 0.5) is 4.39 Å². The SMILES string of the molecule is C=C(/C=C(/c1cccc(OC)c1)N(C)CCc1ccccc1F)c1ccccn1. The zero-order valence-electron chi connectivity index (χ0n) is 16.8. The van der Waals surface area contributed by atoms with Crippen LogP contribution in [0.2, 0.25) is 0 Å². The van der Waals surface area contributed by atoms with Crippen LogP contribution in [0.15, 0.2) is 85.6 Å². The highest BCUT2D eigenvalue weighted by Gasteiger charge is 2.12. The quantitative estimate of drug-likeness (QED) is 0.479. The molecule has 1 aromatic heterocycles. The fourth-order valence-electron chi connectivity index (χ4n) is 3.10. The number of aromatic nitrogens is 1. The first kappa shape index (κ1) is 20.3. The molecule has 29 heavy (non-hydrogen) atoms. The molecule has 4 heteroatoms. The summed E-state index contributed by atoms with van der Waals surface area (Å²) in [5, 5.41) is 0. The van der Waals surface area contributed by atoms with Gasteiger partial charge in [-0.3, -0.25) is 4.98 Å². The van der Waals surface area contributed by atoms with Crippen molar-refractivity contribution in [1.82, 2.24) is 9.88 Å².